The van der Waals surface area contributed by atoms with Crippen molar-refractivity contribution in [3.63, 3.8) is 0 Å². The van der Waals surface area contributed by atoms with Gasteiger partial charge in [0, 0.05) is 19.8 Å². The lowest BCUT2D eigenvalue weighted by molar-refractivity contribution is 0.0951. The maximum absolute atomic E-state index is 12.0. The molecule has 0 aromatic heterocycles. The third-order valence-corrected chi connectivity index (χ3v) is 3.39. The van der Waals surface area contributed by atoms with E-state index in [1.807, 2.05) is 0 Å². The zero-order valence-corrected chi connectivity index (χ0v) is 11.1. The maximum Gasteiger partial charge on any atom is 0.253 e. The molecule has 104 valence electrons. The van der Waals surface area contributed by atoms with Gasteiger partial charge in [-0.05, 0) is 30.9 Å². The van der Waals surface area contributed by atoms with Gasteiger partial charge in [0.15, 0.2) is 0 Å². The van der Waals surface area contributed by atoms with Crippen molar-refractivity contribution in [1.82, 2.24) is 5.32 Å². The number of hydrogen-bond acceptors (Lipinski definition) is 4. The van der Waals surface area contributed by atoms with Crippen molar-refractivity contribution in [3.8, 4) is 5.75 Å². The lowest BCUT2D eigenvalue weighted by atomic mass is 10.1. The van der Waals surface area contributed by atoms with E-state index >= 15 is 0 Å². The van der Waals surface area contributed by atoms with Gasteiger partial charge in [0.25, 0.3) is 5.91 Å². The van der Waals surface area contributed by atoms with Crippen LogP contribution in [0.3, 0.4) is 0 Å². The molecular formula is C14H20N2O3. The molecule has 0 radical (unpaired) electrons. The lowest BCUT2D eigenvalue weighted by Gasteiger charge is -2.11. The van der Waals surface area contributed by atoms with Crippen LogP contribution in [-0.4, -0.2) is 32.8 Å². The second-order valence-corrected chi connectivity index (χ2v) is 4.70. The minimum Gasteiger partial charge on any atom is -0.495 e. The van der Waals surface area contributed by atoms with E-state index in [-0.39, 0.29) is 5.91 Å². The number of ether oxygens (including phenoxy) is 2. The Balaban J connectivity index is 1.88. The number of nitrogen functional groups attached to an aromatic ring is 1. The highest BCUT2D eigenvalue weighted by Crippen LogP contribution is 2.24. The standard InChI is InChI=1S/C14H20N2O3/c1-18-12-4-2-3-11(13(12)15)14(17)16-7-5-10-6-8-19-9-10/h2-4,10H,5-9,15H2,1H3,(H,16,17). The zero-order valence-electron chi connectivity index (χ0n) is 11.1. The van der Waals surface area contributed by atoms with E-state index in [4.69, 9.17) is 15.2 Å². The third-order valence-electron chi connectivity index (χ3n) is 3.39. The number of nitrogens with two attached hydrogens (primary N) is 1. The number of amides is 1. The van der Waals surface area contributed by atoms with E-state index in [9.17, 15) is 4.79 Å². The number of methoxy groups -OCH3 is 1. The minimum atomic E-state index is -0.157. The maximum atomic E-state index is 12.0. The molecule has 1 atom stereocenters. The molecule has 1 unspecified atom stereocenters. The molecule has 1 heterocycles. The fourth-order valence-corrected chi connectivity index (χ4v) is 2.22. The van der Waals surface area contributed by atoms with Gasteiger partial charge in [-0.15, -0.1) is 0 Å². The normalized spacial score (nSPS) is 18.3. The van der Waals surface area contributed by atoms with Gasteiger partial charge in [0.05, 0.1) is 18.4 Å². The van der Waals surface area contributed by atoms with E-state index in [0.29, 0.717) is 29.5 Å². The Hall–Kier alpha value is -1.75. The number of anilines is 1. The summed E-state index contributed by atoms with van der Waals surface area (Å²) in [4.78, 5) is 12.0. The Morgan fingerprint density at radius 1 is 1.58 bits per heavy atom. The summed E-state index contributed by atoms with van der Waals surface area (Å²) in [6, 6.07) is 5.20. The van der Waals surface area contributed by atoms with Crippen molar-refractivity contribution in [2.45, 2.75) is 12.8 Å². The molecule has 0 spiro atoms. The van der Waals surface area contributed by atoms with E-state index in [0.717, 1.165) is 26.1 Å². The van der Waals surface area contributed by atoms with Crippen LogP contribution in [0.5, 0.6) is 5.75 Å². The largest absolute Gasteiger partial charge is 0.495 e. The van der Waals surface area contributed by atoms with Crippen LogP contribution in [0.2, 0.25) is 0 Å². The van der Waals surface area contributed by atoms with Crippen molar-refractivity contribution >= 4 is 11.6 Å². The van der Waals surface area contributed by atoms with Crippen LogP contribution in [0.4, 0.5) is 5.69 Å². The summed E-state index contributed by atoms with van der Waals surface area (Å²) in [6.45, 7) is 2.28. The predicted molar refractivity (Wildman–Crippen MR) is 73.3 cm³/mol. The summed E-state index contributed by atoms with van der Waals surface area (Å²) in [5.74, 6) is 0.926. The lowest BCUT2D eigenvalue weighted by Crippen LogP contribution is -2.26. The second kappa shape index (κ2) is 6.43. The molecule has 1 fully saturated rings. The molecule has 1 aliphatic heterocycles. The number of para-hydroxylation sites is 1. The highest BCUT2D eigenvalue weighted by Gasteiger charge is 2.16. The Kier molecular flexibility index (Phi) is 4.63. The molecule has 0 bridgehead atoms. The molecular weight excluding hydrogens is 244 g/mol. The minimum absolute atomic E-state index is 0.157. The average molecular weight is 264 g/mol. The van der Waals surface area contributed by atoms with Gasteiger partial charge in [-0.3, -0.25) is 4.79 Å². The van der Waals surface area contributed by atoms with Crippen LogP contribution in [0, 0.1) is 5.92 Å². The molecule has 1 saturated heterocycles. The van der Waals surface area contributed by atoms with Gasteiger partial charge in [-0.1, -0.05) is 6.07 Å². The average Bonchev–Trinajstić information content (AvgIpc) is 2.92. The third kappa shape index (κ3) is 3.38. The molecule has 1 aromatic carbocycles. The van der Waals surface area contributed by atoms with Gasteiger partial charge in [0.1, 0.15) is 5.75 Å². The summed E-state index contributed by atoms with van der Waals surface area (Å²) in [6.07, 6.45) is 2.02. The van der Waals surface area contributed by atoms with Gasteiger partial charge in [-0.2, -0.15) is 0 Å². The summed E-state index contributed by atoms with van der Waals surface area (Å²) < 4.78 is 10.4. The molecule has 5 nitrogen and oxygen atoms in total. The molecule has 19 heavy (non-hydrogen) atoms. The quantitative estimate of drug-likeness (QED) is 0.789. The van der Waals surface area contributed by atoms with Gasteiger partial charge < -0.3 is 20.5 Å². The van der Waals surface area contributed by atoms with Crippen molar-refractivity contribution in [2.75, 3.05) is 32.6 Å². The van der Waals surface area contributed by atoms with E-state index in [2.05, 4.69) is 5.32 Å². The number of rotatable bonds is 5. The molecule has 2 rings (SSSR count). The topological polar surface area (TPSA) is 73.6 Å². The molecule has 1 aromatic rings. The fraction of sp³-hybridized carbons (Fsp3) is 0.500. The number of carbonyl (C=O) groups excluding carboxylic acids is 1. The molecule has 5 heteroatoms. The number of benzene rings is 1. The van der Waals surface area contributed by atoms with E-state index < -0.39 is 0 Å². The predicted octanol–water partition coefficient (Wildman–Crippen LogP) is 1.43. The smallest absolute Gasteiger partial charge is 0.253 e. The SMILES string of the molecule is COc1cccc(C(=O)NCCC2CCOC2)c1N. The van der Waals surface area contributed by atoms with Crippen molar-refractivity contribution in [3.05, 3.63) is 23.8 Å². The molecule has 0 saturated carbocycles. The Labute approximate surface area is 113 Å². The molecule has 3 N–H and O–H groups in total. The van der Waals surface area contributed by atoms with Crippen LogP contribution in [0.25, 0.3) is 0 Å². The van der Waals surface area contributed by atoms with Gasteiger partial charge >= 0.3 is 0 Å². The zero-order chi connectivity index (χ0) is 13.7. The first-order valence-electron chi connectivity index (χ1n) is 6.50. The summed E-state index contributed by atoms with van der Waals surface area (Å²) >= 11 is 0. The van der Waals surface area contributed by atoms with Crippen LogP contribution in [-0.2, 0) is 4.74 Å². The Morgan fingerprint density at radius 2 is 2.42 bits per heavy atom. The van der Waals surface area contributed by atoms with Crippen molar-refractivity contribution in [1.29, 1.82) is 0 Å². The first kappa shape index (κ1) is 13.7. The first-order valence-corrected chi connectivity index (χ1v) is 6.50. The van der Waals surface area contributed by atoms with E-state index in [1.165, 1.54) is 7.11 Å². The van der Waals surface area contributed by atoms with Crippen LogP contribution in [0.1, 0.15) is 23.2 Å². The molecule has 1 aliphatic rings. The van der Waals surface area contributed by atoms with Crippen LogP contribution < -0.4 is 15.8 Å². The van der Waals surface area contributed by atoms with Gasteiger partial charge in [-0.25, -0.2) is 0 Å². The van der Waals surface area contributed by atoms with Crippen molar-refractivity contribution in [2.24, 2.45) is 5.92 Å². The monoisotopic (exact) mass is 264 g/mol. The van der Waals surface area contributed by atoms with Crippen molar-refractivity contribution < 1.29 is 14.3 Å². The van der Waals surface area contributed by atoms with Gasteiger partial charge in [0.2, 0.25) is 0 Å². The van der Waals surface area contributed by atoms with E-state index in [1.54, 1.807) is 18.2 Å². The van der Waals surface area contributed by atoms with Crippen LogP contribution >= 0.6 is 0 Å². The molecule has 0 aliphatic carbocycles. The summed E-state index contributed by atoms with van der Waals surface area (Å²) in [5.41, 5.74) is 6.72. The molecule has 1 amide bonds. The summed E-state index contributed by atoms with van der Waals surface area (Å²) in [7, 11) is 1.54. The fourth-order valence-electron chi connectivity index (χ4n) is 2.22. The summed E-state index contributed by atoms with van der Waals surface area (Å²) in [5, 5.41) is 2.89. The van der Waals surface area contributed by atoms with Crippen LogP contribution in [0.15, 0.2) is 18.2 Å². The number of nitrogens with one attached hydrogen (secondary N) is 1. The first-order chi connectivity index (χ1) is 9.22. The second-order valence-electron chi connectivity index (χ2n) is 4.70. The number of carbonyl (C=O) groups is 1. The Morgan fingerprint density at radius 3 is 3.11 bits per heavy atom. The highest BCUT2D eigenvalue weighted by molar-refractivity contribution is 6.00. The Bertz CT molecular complexity index is 442. The highest BCUT2D eigenvalue weighted by atomic mass is 16.5. The number of hydrogen-bond donors (Lipinski definition) is 2.